The van der Waals surface area contributed by atoms with Gasteiger partial charge in [0.2, 0.25) is 0 Å². The molecular formula is C25H25ClFN5O5. The van der Waals surface area contributed by atoms with Crippen LogP contribution >= 0.6 is 11.6 Å². The van der Waals surface area contributed by atoms with E-state index in [2.05, 4.69) is 5.10 Å². The molecule has 1 aromatic carbocycles. The number of pyridine rings is 1. The number of aromatic nitrogens is 3. The SMILES string of the molecule is COc1cccc(F)c1-c1nc(-c2c(C)nn(C)c2C)c2c(c1Cl)OC[C@H]1CN(C(=O)O)CCN1C2=O. The van der Waals surface area contributed by atoms with Crippen LogP contribution in [0.2, 0.25) is 5.02 Å². The van der Waals surface area contributed by atoms with Crippen LogP contribution in [-0.2, 0) is 7.05 Å². The van der Waals surface area contributed by atoms with Crippen molar-refractivity contribution in [1.82, 2.24) is 24.6 Å². The fraction of sp³-hybridized carbons (Fsp3) is 0.360. The van der Waals surface area contributed by atoms with E-state index in [-0.39, 0.29) is 71.2 Å². The molecule has 1 N–H and O–H groups in total. The van der Waals surface area contributed by atoms with Crippen LogP contribution in [-0.4, -0.2) is 81.1 Å². The van der Waals surface area contributed by atoms with Gasteiger partial charge in [-0.2, -0.15) is 5.10 Å². The van der Waals surface area contributed by atoms with Gasteiger partial charge >= 0.3 is 6.09 Å². The normalized spacial score (nSPS) is 17.1. The second-order valence-corrected chi connectivity index (χ2v) is 9.38. The Labute approximate surface area is 217 Å². The Morgan fingerprint density at radius 3 is 2.62 bits per heavy atom. The average Bonchev–Trinajstić information content (AvgIpc) is 3.03. The van der Waals surface area contributed by atoms with Crippen molar-refractivity contribution in [1.29, 1.82) is 0 Å². The maximum absolute atomic E-state index is 15.2. The fourth-order valence-corrected chi connectivity index (χ4v) is 5.29. The number of piperazine rings is 1. The zero-order chi connectivity index (χ0) is 26.6. The first-order valence-electron chi connectivity index (χ1n) is 11.6. The lowest BCUT2D eigenvalue weighted by atomic mass is 9.98. The number of benzene rings is 1. The Kier molecular flexibility index (Phi) is 6.18. The molecule has 5 rings (SSSR count). The number of methoxy groups -OCH3 is 1. The highest BCUT2D eigenvalue weighted by atomic mass is 35.5. The van der Waals surface area contributed by atoms with Gasteiger partial charge in [0.1, 0.15) is 34.5 Å². The molecule has 10 nitrogen and oxygen atoms in total. The molecule has 2 aliphatic heterocycles. The summed E-state index contributed by atoms with van der Waals surface area (Å²) in [4.78, 5) is 33.2. The molecule has 1 saturated heterocycles. The van der Waals surface area contributed by atoms with E-state index in [1.54, 1.807) is 29.6 Å². The lowest BCUT2D eigenvalue weighted by Crippen LogP contribution is -2.57. The largest absolute Gasteiger partial charge is 0.496 e. The van der Waals surface area contributed by atoms with Crippen LogP contribution in [0.3, 0.4) is 0 Å². The molecule has 0 aliphatic carbocycles. The molecule has 0 saturated carbocycles. The summed E-state index contributed by atoms with van der Waals surface area (Å²) >= 11 is 6.81. The van der Waals surface area contributed by atoms with Crippen molar-refractivity contribution in [3.8, 4) is 34.0 Å². The third-order valence-electron chi connectivity index (χ3n) is 6.92. The maximum Gasteiger partial charge on any atom is 0.407 e. The first-order valence-corrected chi connectivity index (χ1v) is 12.0. The molecule has 0 bridgehead atoms. The smallest absolute Gasteiger partial charge is 0.407 e. The number of hydrogen-bond donors (Lipinski definition) is 1. The highest BCUT2D eigenvalue weighted by Crippen LogP contribution is 2.46. The van der Waals surface area contributed by atoms with Gasteiger partial charge in [0.05, 0.1) is 30.1 Å². The van der Waals surface area contributed by atoms with Crippen LogP contribution < -0.4 is 9.47 Å². The Morgan fingerprint density at radius 2 is 1.97 bits per heavy atom. The zero-order valence-electron chi connectivity index (χ0n) is 20.7. The van der Waals surface area contributed by atoms with Crippen LogP contribution in [0.4, 0.5) is 9.18 Å². The van der Waals surface area contributed by atoms with Gasteiger partial charge in [-0.1, -0.05) is 17.7 Å². The van der Waals surface area contributed by atoms with Gasteiger partial charge in [-0.05, 0) is 26.0 Å². The molecule has 0 spiro atoms. The number of hydrogen-bond acceptors (Lipinski definition) is 6. The van der Waals surface area contributed by atoms with E-state index >= 15 is 4.39 Å². The van der Waals surface area contributed by atoms with Crippen LogP contribution in [0, 0.1) is 19.7 Å². The van der Waals surface area contributed by atoms with Gasteiger partial charge in [-0.3, -0.25) is 9.48 Å². The third kappa shape index (κ3) is 3.93. The van der Waals surface area contributed by atoms with Crippen molar-refractivity contribution in [2.75, 3.05) is 33.4 Å². The minimum Gasteiger partial charge on any atom is -0.496 e. The average molecular weight is 530 g/mol. The highest BCUT2D eigenvalue weighted by molar-refractivity contribution is 6.35. The quantitative estimate of drug-likeness (QED) is 0.550. The Hall–Kier alpha value is -3.86. The molecule has 2 amide bonds. The van der Waals surface area contributed by atoms with Crippen LogP contribution in [0.25, 0.3) is 22.5 Å². The number of aryl methyl sites for hydroxylation is 2. The van der Waals surface area contributed by atoms with E-state index in [9.17, 15) is 14.7 Å². The molecule has 1 fully saturated rings. The van der Waals surface area contributed by atoms with Crippen molar-refractivity contribution in [3.63, 3.8) is 0 Å². The van der Waals surface area contributed by atoms with E-state index in [0.29, 0.717) is 11.3 Å². The van der Waals surface area contributed by atoms with E-state index in [1.165, 1.54) is 24.1 Å². The van der Waals surface area contributed by atoms with Gasteiger partial charge in [-0.15, -0.1) is 0 Å². The monoisotopic (exact) mass is 529 g/mol. The summed E-state index contributed by atoms with van der Waals surface area (Å²) in [6.07, 6.45) is -1.07. The lowest BCUT2D eigenvalue weighted by Gasteiger charge is -2.38. The summed E-state index contributed by atoms with van der Waals surface area (Å²) < 4.78 is 28.4. The number of carboxylic acid groups (broad SMARTS) is 1. The molecule has 194 valence electrons. The van der Waals surface area contributed by atoms with Crippen molar-refractivity contribution in [3.05, 3.63) is 46.0 Å². The fourth-order valence-electron chi connectivity index (χ4n) is 5.00. The number of amides is 2. The summed E-state index contributed by atoms with van der Waals surface area (Å²) in [5.41, 5.74) is 2.45. The topological polar surface area (TPSA) is 110 Å². The molecule has 12 heteroatoms. The molecule has 2 aromatic heterocycles. The standard InChI is InChI=1S/C25H25ClFN5O5/c1-12-17(13(2)30(3)29-12)21-19-23(20(26)22(28-21)18-15(27)6-5-7-16(18)36-4)37-11-14-10-31(25(34)35)8-9-32(14)24(19)33/h5-7,14H,8-11H2,1-4H3,(H,34,35)/t14-/m1/s1. The van der Waals surface area contributed by atoms with Gasteiger partial charge in [0.25, 0.3) is 5.91 Å². The third-order valence-corrected chi connectivity index (χ3v) is 7.27. The van der Waals surface area contributed by atoms with Gasteiger partial charge in [0, 0.05) is 37.9 Å². The molecule has 4 heterocycles. The van der Waals surface area contributed by atoms with Crippen LogP contribution in [0.1, 0.15) is 21.7 Å². The first kappa shape index (κ1) is 24.8. The summed E-state index contributed by atoms with van der Waals surface area (Å²) in [6.45, 7) is 4.09. The molecule has 0 unspecified atom stereocenters. The predicted molar refractivity (Wildman–Crippen MR) is 133 cm³/mol. The number of carbonyl (C=O) groups excluding carboxylic acids is 1. The van der Waals surface area contributed by atoms with Crippen molar-refractivity contribution in [2.45, 2.75) is 19.9 Å². The Bertz CT molecular complexity index is 1440. The van der Waals surface area contributed by atoms with E-state index in [0.717, 1.165) is 5.69 Å². The number of halogens is 2. The zero-order valence-corrected chi connectivity index (χ0v) is 21.5. The maximum atomic E-state index is 15.2. The number of carbonyl (C=O) groups is 2. The number of rotatable bonds is 3. The summed E-state index contributed by atoms with van der Waals surface area (Å²) in [7, 11) is 3.19. The molecule has 37 heavy (non-hydrogen) atoms. The molecule has 0 radical (unpaired) electrons. The summed E-state index contributed by atoms with van der Waals surface area (Å²) in [6, 6.07) is 3.84. The summed E-state index contributed by atoms with van der Waals surface area (Å²) in [5, 5.41) is 13.9. The van der Waals surface area contributed by atoms with Gasteiger partial charge in [0.15, 0.2) is 5.75 Å². The van der Waals surface area contributed by atoms with E-state index in [1.807, 2.05) is 6.92 Å². The minimum atomic E-state index is -1.07. The van der Waals surface area contributed by atoms with Crippen molar-refractivity contribution in [2.24, 2.45) is 7.05 Å². The number of ether oxygens (including phenoxy) is 2. The highest BCUT2D eigenvalue weighted by Gasteiger charge is 2.41. The molecule has 3 aromatic rings. The molecular weight excluding hydrogens is 505 g/mol. The van der Waals surface area contributed by atoms with Crippen molar-refractivity contribution >= 4 is 23.6 Å². The summed E-state index contributed by atoms with van der Waals surface area (Å²) in [5.74, 6) is -0.708. The Balaban J connectivity index is 1.79. The first-order chi connectivity index (χ1) is 17.6. The lowest BCUT2D eigenvalue weighted by molar-refractivity contribution is 0.0390. The van der Waals surface area contributed by atoms with Gasteiger partial charge < -0.3 is 24.4 Å². The van der Waals surface area contributed by atoms with E-state index < -0.39 is 18.0 Å². The van der Waals surface area contributed by atoms with Crippen molar-refractivity contribution < 1.29 is 28.6 Å². The number of fused-ring (bicyclic) bond motifs is 2. The second kappa shape index (κ2) is 9.22. The number of nitrogens with zero attached hydrogens (tertiary/aromatic N) is 5. The van der Waals surface area contributed by atoms with Gasteiger partial charge in [-0.25, -0.2) is 14.2 Å². The van der Waals surface area contributed by atoms with Crippen LogP contribution in [0.5, 0.6) is 11.5 Å². The molecule has 1 atom stereocenters. The second-order valence-electron chi connectivity index (χ2n) is 9.01. The predicted octanol–water partition coefficient (Wildman–Crippen LogP) is 3.76. The Morgan fingerprint density at radius 1 is 1.22 bits per heavy atom. The molecule has 2 aliphatic rings. The van der Waals surface area contributed by atoms with E-state index in [4.69, 9.17) is 26.1 Å². The minimum absolute atomic E-state index is 0.00451. The van der Waals surface area contributed by atoms with Crippen LogP contribution in [0.15, 0.2) is 18.2 Å².